The lowest BCUT2D eigenvalue weighted by Gasteiger charge is -2.25. The van der Waals surface area contributed by atoms with E-state index >= 15 is 0 Å². The highest BCUT2D eigenvalue weighted by atomic mass is 16.6. The highest BCUT2D eigenvalue weighted by Crippen LogP contribution is 2.18. The highest BCUT2D eigenvalue weighted by molar-refractivity contribution is 4.71. The number of hydrogen-bond acceptors (Lipinski definition) is 7. The van der Waals surface area contributed by atoms with E-state index in [2.05, 4.69) is 0 Å². The molecule has 0 rings (SSSR count). The van der Waals surface area contributed by atoms with Crippen molar-refractivity contribution in [3.05, 3.63) is 0 Å². The summed E-state index contributed by atoms with van der Waals surface area (Å²) >= 11 is 0. The molecule has 0 saturated heterocycles. The molecule has 1 unspecified atom stereocenters. The van der Waals surface area contributed by atoms with Crippen LogP contribution in [0.5, 0.6) is 0 Å². The lowest BCUT2D eigenvalue weighted by molar-refractivity contribution is -0.0430. The molecule has 1 atom stereocenters. The Morgan fingerprint density at radius 1 is 0.652 bits per heavy atom. The zero-order valence-corrected chi connectivity index (χ0v) is 14.8. The third-order valence-corrected chi connectivity index (χ3v) is 3.00. The molecular formula is C16H34O7. The van der Waals surface area contributed by atoms with Crippen LogP contribution in [0.3, 0.4) is 0 Å². The Labute approximate surface area is 139 Å². The molecule has 0 aromatic heterocycles. The normalized spacial score (nSPS) is 13.4. The predicted octanol–water partition coefficient (Wildman–Crippen LogP) is 0.469. The number of ether oxygens (including phenoxy) is 5. The van der Waals surface area contributed by atoms with Crippen molar-refractivity contribution < 1.29 is 33.9 Å². The van der Waals surface area contributed by atoms with Gasteiger partial charge in [0.1, 0.15) is 0 Å². The Morgan fingerprint density at radius 3 is 1.35 bits per heavy atom. The first-order valence-electron chi connectivity index (χ1n) is 8.16. The first kappa shape index (κ1) is 22.7. The van der Waals surface area contributed by atoms with Crippen LogP contribution in [0.25, 0.3) is 0 Å². The minimum atomic E-state index is -0.472. The minimum absolute atomic E-state index is 0.0331. The summed E-state index contributed by atoms with van der Waals surface area (Å²) < 4.78 is 26.4. The summed E-state index contributed by atoms with van der Waals surface area (Å²) in [5.74, 6) is 0. The van der Waals surface area contributed by atoms with Gasteiger partial charge in [0, 0.05) is 0 Å². The monoisotopic (exact) mass is 338 g/mol. The summed E-state index contributed by atoms with van der Waals surface area (Å²) in [6, 6.07) is 0. The van der Waals surface area contributed by atoms with E-state index < -0.39 is 6.10 Å². The van der Waals surface area contributed by atoms with Gasteiger partial charge in [-0.25, -0.2) is 0 Å². The second-order valence-corrected chi connectivity index (χ2v) is 6.13. The van der Waals surface area contributed by atoms with E-state index in [9.17, 15) is 5.11 Å². The molecule has 0 bridgehead atoms. The van der Waals surface area contributed by atoms with Crippen LogP contribution in [0.15, 0.2) is 0 Å². The smallest absolute Gasteiger partial charge is 0.0821 e. The summed E-state index contributed by atoms with van der Waals surface area (Å²) in [4.78, 5) is 0. The van der Waals surface area contributed by atoms with Crippen molar-refractivity contribution in [1.82, 2.24) is 0 Å². The molecule has 0 aliphatic carbocycles. The van der Waals surface area contributed by atoms with Crippen molar-refractivity contribution in [3.8, 4) is 0 Å². The Morgan fingerprint density at radius 2 is 1.00 bits per heavy atom. The van der Waals surface area contributed by atoms with E-state index in [1.54, 1.807) is 0 Å². The molecular weight excluding hydrogens is 304 g/mol. The SMILES string of the molecule is CC(C)(C)C(O)COCCOCCOCCOCCOCCO. The van der Waals surface area contributed by atoms with Crippen LogP contribution < -0.4 is 0 Å². The van der Waals surface area contributed by atoms with Crippen molar-refractivity contribution in [1.29, 1.82) is 0 Å². The minimum Gasteiger partial charge on any atom is -0.394 e. The van der Waals surface area contributed by atoms with Gasteiger partial charge in [0.05, 0.1) is 78.8 Å². The Hall–Kier alpha value is -0.280. The van der Waals surface area contributed by atoms with Crippen LogP contribution in [0.4, 0.5) is 0 Å². The van der Waals surface area contributed by atoms with Gasteiger partial charge in [-0.15, -0.1) is 0 Å². The maximum atomic E-state index is 9.77. The molecule has 23 heavy (non-hydrogen) atoms. The second-order valence-electron chi connectivity index (χ2n) is 6.13. The van der Waals surface area contributed by atoms with Crippen LogP contribution in [-0.4, -0.2) is 89.0 Å². The number of rotatable bonds is 16. The fourth-order valence-corrected chi connectivity index (χ4v) is 1.39. The molecule has 7 nitrogen and oxygen atoms in total. The lowest BCUT2D eigenvalue weighted by Crippen LogP contribution is -2.31. The number of aliphatic hydroxyl groups is 2. The van der Waals surface area contributed by atoms with E-state index in [4.69, 9.17) is 28.8 Å². The summed E-state index contributed by atoms with van der Waals surface area (Å²) in [6.07, 6.45) is -0.472. The van der Waals surface area contributed by atoms with E-state index in [-0.39, 0.29) is 12.0 Å². The summed E-state index contributed by atoms with van der Waals surface area (Å²) in [5, 5.41) is 18.3. The predicted molar refractivity (Wildman–Crippen MR) is 86.6 cm³/mol. The van der Waals surface area contributed by atoms with Crippen molar-refractivity contribution >= 4 is 0 Å². The molecule has 140 valence electrons. The fraction of sp³-hybridized carbons (Fsp3) is 1.00. The van der Waals surface area contributed by atoms with Gasteiger partial charge in [0.25, 0.3) is 0 Å². The molecule has 0 radical (unpaired) electrons. The average molecular weight is 338 g/mol. The second kappa shape index (κ2) is 15.3. The molecule has 0 aliphatic rings. The Balaban J connectivity index is 3.11. The van der Waals surface area contributed by atoms with Crippen LogP contribution in [0, 0.1) is 5.41 Å². The molecule has 0 aromatic carbocycles. The van der Waals surface area contributed by atoms with E-state index in [1.165, 1.54) is 0 Å². The molecule has 0 fully saturated rings. The maximum absolute atomic E-state index is 9.77. The van der Waals surface area contributed by atoms with E-state index in [0.29, 0.717) is 66.1 Å². The first-order chi connectivity index (χ1) is 11.0. The van der Waals surface area contributed by atoms with Crippen LogP contribution in [0.2, 0.25) is 0 Å². The number of hydrogen-bond donors (Lipinski definition) is 2. The molecule has 0 spiro atoms. The van der Waals surface area contributed by atoms with Crippen molar-refractivity contribution in [3.63, 3.8) is 0 Å². The van der Waals surface area contributed by atoms with E-state index in [1.807, 2.05) is 20.8 Å². The van der Waals surface area contributed by atoms with Crippen molar-refractivity contribution in [2.75, 3.05) is 72.7 Å². The molecule has 0 amide bonds. The molecule has 0 aromatic rings. The van der Waals surface area contributed by atoms with Gasteiger partial charge in [0.2, 0.25) is 0 Å². The fourth-order valence-electron chi connectivity index (χ4n) is 1.39. The summed E-state index contributed by atoms with van der Waals surface area (Å²) in [6.45, 7) is 10.6. The van der Waals surface area contributed by atoms with Gasteiger partial charge in [0.15, 0.2) is 0 Å². The number of aliphatic hydroxyl groups excluding tert-OH is 2. The van der Waals surface area contributed by atoms with Gasteiger partial charge in [-0.3, -0.25) is 0 Å². The Kier molecular flexibility index (Phi) is 15.1. The third kappa shape index (κ3) is 16.4. The molecule has 2 N–H and O–H groups in total. The quantitative estimate of drug-likeness (QED) is 0.396. The van der Waals surface area contributed by atoms with Crippen molar-refractivity contribution in [2.45, 2.75) is 26.9 Å². The zero-order valence-electron chi connectivity index (χ0n) is 14.8. The van der Waals surface area contributed by atoms with Crippen molar-refractivity contribution in [2.24, 2.45) is 5.41 Å². The van der Waals surface area contributed by atoms with E-state index in [0.717, 1.165) is 0 Å². The highest BCUT2D eigenvalue weighted by Gasteiger charge is 2.21. The summed E-state index contributed by atoms with van der Waals surface area (Å²) in [5.41, 5.74) is -0.165. The largest absolute Gasteiger partial charge is 0.394 e. The lowest BCUT2D eigenvalue weighted by atomic mass is 9.90. The van der Waals surface area contributed by atoms with Gasteiger partial charge >= 0.3 is 0 Å². The topological polar surface area (TPSA) is 86.6 Å². The van der Waals surface area contributed by atoms with Gasteiger partial charge in [-0.1, -0.05) is 20.8 Å². The maximum Gasteiger partial charge on any atom is 0.0821 e. The standard InChI is InChI=1S/C16H34O7/c1-16(2,3)15(18)14-23-13-12-22-11-10-21-9-8-20-7-6-19-5-4-17/h15,17-18H,4-14H2,1-3H3. The van der Waals surface area contributed by atoms with Gasteiger partial charge in [-0.2, -0.15) is 0 Å². The zero-order chi connectivity index (χ0) is 17.4. The molecule has 0 heterocycles. The Bertz CT molecular complexity index is 243. The van der Waals surface area contributed by atoms with Crippen LogP contribution in [0.1, 0.15) is 20.8 Å². The third-order valence-electron chi connectivity index (χ3n) is 3.00. The molecule has 7 heteroatoms. The van der Waals surface area contributed by atoms with Crippen LogP contribution >= 0.6 is 0 Å². The summed E-state index contributed by atoms with van der Waals surface area (Å²) in [7, 11) is 0. The molecule has 0 saturated carbocycles. The average Bonchev–Trinajstić information content (AvgIpc) is 2.50. The molecule has 0 aliphatic heterocycles. The van der Waals surface area contributed by atoms with Crippen LogP contribution in [-0.2, 0) is 23.7 Å². The van der Waals surface area contributed by atoms with Gasteiger partial charge in [-0.05, 0) is 5.41 Å². The first-order valence-corrected chi connectivity index (χ1v) is 8.16. The van der Waals surface area contributed by atoms with Gasteiger partial charge < -0.3 is 33.9 Å².